The average Bonchev–Trinajstić information content (AvgIpc) is 2.68. The van der Waals surface area contributed by atoms with Crippen LogP contribution in [0, 0.1) is 0 Å². The summed E-state index contributed by atoms with van der Waals surface area (Å²) in [6.45, 7) is 5.89. The van der Waals surface area contributed by atoms with Crippen LogP contribution in [0.4, 0.5) is 0 Å². The van der Waals surface area contributed by atoms with E-state index in [-0.39, 0.29) is 11.9 Å². The minimum Gasteiger partial charge on any atom is -0.465 e. The van der Waals surface area contributed by atoms with E-state index in [4.69, 9.17) is 4.74 Å². The van der Waals surface area contributed by atoms with Gasteiger partial charge in [-0.25, -0.2) is 0 Å². The zero-order valence-electron chi connectivity index (χ0n) is 15.5. The Morgan fingerprint density at radius 2 is 1.46 bits per heavy atom. The Morgan fingerprint density at radius 1 is 0.923 bits per heavy atom. The van der Waals surface area contributed by atoms with Crippen LogP contribution in [-0.4, -0.2) is 62.1 Å². The number of hydrogen-bond donors (Lipinski definition) is 0. The molecule has 0 bridgehead atoms. The third kappa shape index (κ3) is 5.16. The number of carbonyl (C=O) groups is 1. The maximum absolute atomic E-state index is 12.8. The highest BCUT2D eigenvalue weighted by Gasteiger charge is 2.24. The van der Waals surface area contributed by atoms with Gasteiger partial charge in [-0.1, -0.05) is 60.7 Å². The van der Waals surface area contributed by atoms with Crippen molar-refractivity contribution in [2.75, 3.05) is 46.4 Å². The highest BCUT2D eigenvalue weighted by Crippen LogP contribution is 2.26. The summed E-state index contributed by atoms with van der Waals surface area (Å²) >= 11 is 0. The van der Waals surface area contributed by atoms with Crippen LogP contribution in [-0.2, 0) is 9.53 Å². The number of esters is 1. The predicted molar refractivity (Wildman–Crippen MR) is 104 cm³/mol. The number of ether oxygens (including phenoxy) is 1. The van der Waals surface area contributed by atoms with E-state index < -0.39 is 0 Å². The van der Waals surface area contributed by atoms with Gasteiger partial charge in [0.05, 0.1) is 6.61 Å². The first kappa shape index (κ1) is 18.6. The quantitative estimate of drug-likeness (QED) is 0.566. The molecule has 3 rings (SSSR count). The molecule has 0 aromatic heterocycles. The zero-order chi connectivity index (χ0) is 18.2. The largest absolute Gasteiger partial charge is 0.465 e. The van der Waals surface area contributed by atoms with Crippen molar-refractivity contribution in [2.24, 2.45) is 0 Å². The molecule has 0 unspecified atom stereocenters. The second kappa shape index (κ2) is 9.51. The molecule has 26 heavy (non-hydrogen) atoms. The Bertz CT molecular complexity index is 628. The lowest BCUT2D eigenvalue weighted by molar-refractivity contribution is -0.144. The molecular formula is C22H28N2O2. The van der Waals surface area contributed by atoms with Gasteiger partial charge < -0.3 is 14.5 Å². The summed E-state index contributed by atoms with van der Waals surface area (Å²) in [6, 6.07) is 19.7. The lowest BCUT2D eigenvalue weighted by atomic mass is 9.91. The highest BCUT2D eigenvalue weighted by atomic mass is 16.5. The lowest BCUT2D eigenvalue weighted by Gasteiger charge is -2.32. The van der Waals surface area contributed by atoms with E-state index in [2.05, 4.69) is 16.8 Å². The van der Waals surface area contributed by atoms with Crippen LogP contribution >= 0.6 is 0 Å². The van der Waals surface area contributed by atoms with Crippen LogP contribution in [0.1, 0.15) is 23.5 Å². The number of nitrogens with zero attached hydrogens (tertiary/aromatic N) is 2. The minimum absolute atomic E-state index is 0.166. The monoisotopic (exact) mass is 352 g/mol. The number of rotatable bonds is 7. The van der Waals surface area contributed by atoms with Crippen LogP contribution in [0.15, 0.2) is 60.7 Å². The molecule has 4 nitrogen and oxygen atoms in total. The predicted octanol–water partition coefficient (Wildman–Crippen LogP) is 3.00. The summed E-state index contributed by atoms with van der Waals surface area (Å²) in [5, 5.41) is 0. The molecule has 0 amide bonds. The number of piperazine rings is 1. The van der Waals surface area contributed by atoms with Gasteiger partial charge in [0, 0.05) is 32.7 Å². The molecule has 2 aromatic rings. The first-order chi connectivity index (χ1) is 12.7. The molecular weight excluding hydrogens is 324 g/mol. The Morgan fingerprint density at radius 3 is 2.00 bits per heavy atom. The van der Waals surface area contributed by atoms with E-state index in [0.717, 1.165) is 50.3 Å². The fraction of sp³-hybridized carbons (Fsp3) is 0.409. The van der Waals surface area contributed by atoms with Crippen molar-refractivity contribution in [2.45, 2.75) is 12.3 Å². The van der Waals surface area contributed by atoms with Gasteiger partial charge in [-0.2, -0.15) is 0 Å². The molecule has 1 aliphatic heterocycles. The SMILES string of the molecule is CN1CCN(CCCOC(=O)C(c2ccccc2)c2ccccc2)CC1. The number of benzene rings is 2. The Hall–Kier alpha value is -2.17. The maximum Gasteiger partial charge on any atom is 0.317 e. The molecule has 0 radical (unpaired) electrons. The van der Waals surface area contributed by atoms with E-state index in [1.807, 2.05) is 60.7 Å². The van der Waals surface area contributed by atoms with Gasteiger partial charge in [-0.3, -0.25) is 4.79 Å². The summed E-state index contributed by atoms with van der Waals surface area (Å²) in [5.41, 5.74) is 1.95. The van der Waals surface area contributed by atoms with Crippen molar-refractivity contribution in [3.05, 3.63) is 71.8 Å². The van der Waals surface area contributed by atoms with E-state index in [0.29, 0.717) is 6.61 Å². The van der Waals surface area contributed by atoms with Crippen LogP contribution in [0.25, 0.3) is 0 Å². The molecule has 1 aliphatic rings. The number of hydrogen-bond acceptors (Lipinski definition) is 4. The van der Waals surface area contributed by atoms with Gasteiger partial charge in [0.15, 0.2) is 0 Å². The number of carbonyl (C=O) groups excluding carboxylic acids is 1. The highest BCUT2D eigenvalue weighted by molar-refractivity contribution is 5.82. The van der Waals surface area contributed by atoms with Crippen molar-refractivity contribution in [3.8, 4) is 0 Å². The fourth-order valence-electron chi connectivity index (χ4n) is 3.37. The smallest absolute Gasteiger partial charge is 0.317 e. The zero-order valence-corrected chi connectivity index (χ0v) is 15.5. The number of likely N-dealkylation sites (N-methyl/N-ethyl adjacent to an activating group) is 1. The second-order valence-corrected chi connectivity index (χ2v) is 6.92. The van der Waals surface area contributed by atoms with Gasteiger partial charge in [0.1, 0.15) is 5.92 Å². The fourth-order valence-corrected chi connectivity index (χ4v) is 3.37. The van der Waals surface area contributed by atoms with Gasteiger partial charge in [0.25, 0.3) is 0 Å². The Balaban J connectivity index is 1.55. The molecule has 0 aliphatic carbocycles. The third-order valence-electron chi connectivity index (χ3n) is 4.96. The van der Waals surface area contributed by atoms with Crippen LogP contribution in [0.2, 0.25) is 0 Å². The third-order valence-corrected chi connectivity index (χ3v) is 4.96. The van der Waals surface area contributed by atoms with Crippen LogP contribution in [0.5, 0.6) is 0 Å². The summed E-state index contributed by atoms with van der Waals surface area (Å²) in [5.74, 6) is -0.526. The van der Waals surface area contributed by atoms with Gasteiger partial charge >= 0.3 is 5.97 Å². The summed E-state index contributed by atoms with van der Waals surface area (Å²) < 4.78 is 5.65. The van der Waals surface area contributed by atoms with Gasteiger partial charge in [0.2, 0.25) is 0 Å². The average molecular weight is 352 g/mol. The molecule has 0 N–H and O–H groups in total. The van der Waals surface area contributed by atoms with E-state index >= 15 is 0 Å². The first-order valence-corrected chi connectivity index (χ1v) is 9.41. The molecule has 0 atom stereocenters. The Kier molecular flexibility index (Phi) is 6.81. The van der Waals surface area contributed by atoms with Crippen molar-refractivity contribution in [3.63, 3.8) is 0 Å². The topological polar surface area (TPSA) is 32.8 Å². The molecule has 1 fully saturated rings. The second-order valence-electron chi connectivity index (χ2n) is 6.92. The van der Waals surface area contributed by atoms with Crippen molar-refractivity contribution >= 4 is 5.97 Å². The maximum atomic E-state index is 12.8. The van der Waals surface area contributed by atoms with Gasteiger partial charge in [-0.05, 0) is 24.6 Å². The molecule has 1 heterocycles. The molecule has 1 saturated heterocycles. The van der Waals surface area contributed by atoms with Crippen molar-refractivity contribution < 1.29 is 9.53 Å². The Labute approximate surface area is 156 Å². The van der Waals surface area contributed by atoms with Crippen LogP contribution in [0.3, 0.4) is 0 Å². The van der Waals surface area contributed by atoms with E-state index in [1.165, 1.54) is 0 Å². The van der Waals surface area contributed by atoms with Crippen LogP contribution < -0.4 is 0 Å². The molecule has 0 saturated carbocycles. The summed E-state index contributed by atoms with van der Waals surface area (Å²) in [6.07, 6.45) is 0.881. The molecule has 4 heteroatoms. The standard InChI is InChI=1S/C22H28N2O2/c1-23-14-16-24(17-15-23)13-8-18-26-22(25)21(19-9-4-2-5-10-19)20-11-6-3-7-12-20/h2-7,9-12,21H,8,13-18H2,1H3. The van der Waals surface area contributed by atoms with E-state index in [9.17, 15) is 4.79 Å². The van der Waals surface area contributed by atoms with Crippen molar-refractivity contribution in [1.29, 1.82) is 0 Å². The summed E-state index contributed by atoms with van der Waals surface area (Å²) in [7, 11) is 2.16. The van der Waals surface area contributed by atoms with E-state index in [1.54, 1.807) is 0 Å². The molecule has 138 valence electrons. The molecule has 0 spiro atoms. The van der Waals surface area contributed by atoms with Gasteiger partial charge in [-0.15, -0.1) is 0 Å². The molecule has 2 aromatic carbocycles. The van der Waals surface area contributed by atoms with Crippen molar-refractivity contribution in [1.82, 2.24) is 9.80 Å². The first-order valence-electron chi connectivity index (χ1n) is 9.41. The normalized spacial score (nSPS) is 15.9. The summed E-state index contributed by atoms with van der Waals surface area (Å²) in [4.78, 5) is 17.6. The lowest BCUT2D eigenvalue weighted by Crippen LogP contribution is -2.44. The minimum atomic E-state index is -0.360.